The summed E-state index contributed by atoms with van der Waals surface area (Å²) >= 11 is 0. The van der Waals surface area contributed by atoms with Gasteiger partial charge in [0.25, 0.3) is 0 Å². The number of rotatable bonds is 12. The number of methoxy groups -OCH3 is 1. The van der Waals surface area contributed by atoms with Gasteiger partial charge < -0.3 is 9.46 Å². The third-order valence-corrected chi connectivity index (χ3v) is 7.95. The van der Waals surface area contributed by atoms with E-state index in [0.717, 1.165) is 17.5 Å². The molecule has 2 rings (SSSR count). The maximum atomic E-state index is 12.9. The first-order valence-electron chi connectivity index (χ1n) is 12.9. The van der Waals surface area contributed by atoms with Gasteiger partial charge in [-0.15, -0.1) is 0 Å². The smallest absolute Gasteiger partial charge is 0.319 e. The Morgan fingerprint density at radius 1 is 1.05 bits per heavy atom. The molecule has 0 saturated heterocycles. The average molecular weight is 527 g/mol. The van der Waals surface area contributed by atoms with Crippen LogP contribution in [0.5, 0.6) is 0 Å². The Labute approximate surface area is 223 Å². The van der Waals surface area contributed by atoms with Crippen molar-refractivity contribution in [3.63, 3.8) is 0 Å². The summed E-state index contributed by atoms with van der Waals surface area (Å²) in [6.45, 7) is 9.75. The normalized spacial score (nSPS) is 11.9. The molecule has 0 saturated carbocycles. The van der Waals surface area contributed by atoms with Gasteiger partial charge in [0.2, 0.25) is 0 Å². The zero-order chi connectivity index (χ0) is 27.8. The Morgan fingerprint density at radius 2 is 1.68 bits per heavy atom. The number of Topliss-reactive ketones (excluding diaryl/α,β-unsaturated/α-hetero) is 1. The predicted octanol–water partition coefficient (Wildman–Crippen LogP) is 6.83. The molecule has 6 nitrogen and oxygen atoms in total. The molecular weight excluding hydrogens is 484 g/mol. The summed E-state index contributed by atoms with van der Waals surface area (Å²) in [5, 5.41) is 10.3. The summed E-state index contributed by atoms with van der Waals surface area (Å²) in [7, 11) is -1.47. The lowest BCUT2D eigenvalue weighted by atomic mass is 9.90. The Hall–Kier alpha value is -3.11. The van der Waals surface area contributed by atoms with Crippen molar-refractivity contribution in [3.8, 4) is 6.07 Å². The Balaban J connectivity index is 0.000000397. The molecule has 2 aromatic carbocycles. The van der Waals surface area contributed by atoms with Crippen molar-refractivity contribution >= 4 is 32.5 Å². The van der Waals surface area contributed by atoms with Crippen LogP contribution in [0.3, 0.4) is 0 Å². The molecule has 0 heterocycles. The first-order chi connectivity index (χ1) is 17.6. The number of nitriles is 1. The zero-order valence-corrected chi connectivity index (χ0v) is 24.0. The number of ketones is 1. The van der Waals surface area contributed by atoms with Crippen molar-refractivity contribution < 1.29 is 18.5 Å². The van der Waals surface area contributed by atoms with E-state index in [-0.39, 0.29) is 11.5 Å². The van der Waals surface area contributed by atoms with E-state index in [2.05, 4.69) is 41.5 Å². The third kappa shape index (κ3) is 11.2. The number of benzene rings is 2. The number of hydrogen-bond donors (Lipinski definition) is 1. The molecule has 1 unspecified atom stereocenters. The van der Waals surface area contributed by atoms with E-state index >= 15 is 0 Å². The molecule has 37 heavy (non-hydrogen) atoms. The fourth-order valence-corrected chi connectivity index (χ4v) is 5.83. The lowest BCUT2D eigenvalue weighted by molar-refractivity contribution is -0.137. The van der Waals surface area contributed by atoms with Gasteiger partial charge in [-0.1, -0.05) is 58.2 Å². The van der Waals surface area contributed by atoms with E-state index in [4.69, 9.17) is 5.26 Å². The minimum atomic E-state index is -2.73. The quantitative estimate of drug-likeness (QED) is 0.186. The van der Waals surface area contributed by atoms with Crippen molar-refractivity contribution in [2.24, 2.45) is 0 Å². The lowest BCUT2D eigenvalue weighted by Gasteiger charge is -2.15. The Bertz CT molecular complexity index is 1170. The molecule has 0 amide bonds. The van der Waals surface area contributed by atoms with E-state index in [1.807, 2.05) is 26.0 Å². The van der Waals surface area contributed by atoms with Crippen LogP contribution in [0.2, 0.25) is 0 Å². The van der Waals surface area contributed by atoms with Crippen LogP contribution < -0.4 is 4.72 Å². The Morgan fingerprint density at radius 3 is 2.16 bits per heavy atom. The van der Waals surface area contributed by atoms with Crippen LogP contribution >= 0.6 is 0 Å². The van der Waals surface area contributed by atoms with Crippen LogP contribution in [-0.4, -0.2) is 34.2 Å². The third-order valence-electron chi connectivity index (χ3n) is 5.93. The highest BCUT2D eigenvalue weighted by Crippen LogP contribution is 2.26. The van der Waals surface area contributed by atoms with Gasteiger partial charge in [0.1, 0.15) is 5.75 Å². The number of nitrogens with one attached hydrogen (secondary N) is 1. The number of ether oxygens (including phenoxy) is 1. The average Bonchev–Trinajstić information content (AvgIpc) is 2.88. The molecule has 0 aromatic heterocycles. The molecule has 0 aliphatic carbocycles. The van der Waals surface area contributed by atoms with Crippen LogP contribution in [-0.2, 0) is 19.2 Å². The number of anilines is 1. The summed E-state index contributed by atoms with van der Waals surface area (Å²) < 4.78 is 20.4. The summed E-state index contributed by atoms with van der Waals surface area (Å²) in [5.41, 5.74) is 4.12. The van der Waals surface area contributed by atoms with E-state index in [1.165, 1.54) is 45.3 Å². The highest BCUT2D eigenvalue weighted by atomic mass is 32.2. The monoisotopic (exact) mass is 526 g/mol. The molecule has 0 radical (unpaired) electrons. The van der Waals surface area contributed by atoms with Crippen LogP contribution in [0.1, 0.15) is 99.2 Å². The number of unbranched alkanes of at least 4 members (excludes halogenated alkanes) is 1. The van der Waals surface area contributed by atoms with Gasteiger partial charge in [0.15, 0.2) is 5.78 Å². The van der Waals surface area contributed by atoms with Gasteiger partial charge in [-0.25, -0.2) is 4.21 Å². The molecule has 2 aromatic rings. The molecule has 0 aliphatic heterocycles. The van der Waals surface area contributed by atoms with Crippen LogP contribution in [0.4, 0.5) is 5.69 Å². The van der Waals surface area contributed by atoms with Crippen molar-refractivity contribution in [3.05, 3.63) is 64.7 Å². The predicted molar refractivity (Wildman–Crippen MR) is 155 cm³/mol. The SMILES string of the molecule is CCCC(CCC)c1ccc(C#N)cc1.CCCC=S(=O)(CC(=O)OC)Nc1ccc(C)c(C(C)=O)c1. The molecule has 1 N–H and O–H groups in total. The lowest BCUT2D eigenvalue weighted by Crippen LogP contribution is -2.26. The number of carbonyl (C=O) groups is 2. The van der Waals surface area contributed by atoms with Crippen LogP contribution in [0.15, 0.2) is 42.5 Å². The summed E-state index contributed by atoms with van der Waals surface area (Å²) in [6, 6.07) is 15.4. The molecular formula is C30H42N2O4S. The zero-order valence-electron chi connectivity index (χ0n) is 23.1. The largest absolute Gasteiger partial charge is 0.468 e. The van der Waals surface area contributed by atoms with Gasteiger partial charge >= 0.3 is 5.97 Å². The van der Waals surface area contributed by atoms with Crippen molar-refractivity contribution in [2.45, 2.75) is 79.1 Å². The molecule has 0 fully saturated rings. The molecule has 202 valence electrons. The summed E-state index contributed by atoms with van der Waals surface area (Å²) in [5.74, 6) is -0.151. The highest BCUT2D eigenvalue weighted by molar-refractivity contribution is 8.03. The first kappa shape index (κ1) is 31.9. The van der Waals surface area contributed by atoms with E-state index in [9.17, 15) is 13.8 Å². The highest BCUT2D eigenvalue weighted by Gasteiger charge is 2.15. The van der Waals surface area contributed by atoms with Gasteiger partial charge in [-0.3, -0.25) is 9.59 Å². The van der Waals surface area contributed by atoms with E-state index < -0.39 is 15.7 Å². The second kappa shape index (κ2) is 16.6. The second-order valence-electron chi connectivity index (χ2n) is 9.10. The molecule has 0 aliphatic rings. The van der Waals surface area contributed by atoms with Gasteiger partial charge in [0, 0.05) is 11.3 Å². The van der Waals surface area contributed by atoms with Crippen LogP contribution in [0, 0.1) is 18.3 Å². The van der Waals surface area contributed by atoms with E-state index in [1.54, 1.807) is 23.6 Å². The molecule has 0 bridgehead atoms. The first-order valence-corrected chi connectivity index (χ1v) is 14.7. The second-order valence-corrected chi connectivity index (χ2v) is 11.4. The van der Waals surface area contributed by atoms with E-state index in [0.29, 0.717) is 23.6 Å². The summed E-state index contributed by atoms with van der Waals surface area (Å²) in [4.78, 5) is 23.1. The topological polar surface area (TPSA) is 96.3 Å². The number of carbonyl (C=O) groups excluding carboxylic acids is 2. The Kier molecular flexibility index (Phi) is 14.3. The van der Waals surface area contributed by atoms with Crippen LogP contribution in [0.25, 0.3) is 0 Å². The minimum absolute atomic E-state index is 0.0573. The number of aryl methyl sites for hydroxylation is 1. The van der Waals surface area contributed by atoms with Crippen molar-refractivity contribution in [2.75, 3.05) is 17.6 Å². The number of nitrogens with zero attached hydrogens (tertiary/aromatic N) is 1. The molecule has 0 spiro atoms. The van der Waals surface area contributed by atoms with Gasteiger partial charge in [0.05, 0.1) is 28.5 Å². The fraction of sp³-hybridized carbons (Fsp3) is 0.467. The number of esters is 1. The van der Waals surface area contributed by atoms with Crippen molar-refractivity contribution in [1.82, 2.24) is 0 Å². The maximum Gasteiger partial charge on any atom is 0.319 e. The maximum absolute atomic E-state index is 12.9. The molecule has 1 atom stereocenters. The standard InChI is InChI=1S/C16H23NO4S.C14H19N/c1-5-6-9-22(20,11-16(19)21-4)17-14-8-7-12(2)15(10-14)13(3)18;1-3-5-13(6-4-2)14-9-7-12(11-15)8-10-14/h7-10H,5-6,11H2,1-4H3,(H,17,20);7-10,13H,3-6H2,1-2H3. The van der Waals surface area contributed by atoms with Gasteiger partial charge in [-0.2, -0.15) is 5.26 Å². The van der Waals surface area contributed by atoms with Gasteiger partial charge in [-0.05, 0) is 79.8 Å². The molecule has 7 heteroatoms. The summed E-state index contributed by atoms with van der Waals surface area (Å²) in [6.07, 6.45) is 6.40. The van der Waals surface area contributed by atoms with Crippen molar-refractivity contribution in [1.29, 1.82) is 5.26 Å². The fourth-order valence-electron chi connectivity index (χ4n) is 3.95. The minimum Gasteiger partial charge on any atom is -0.468 e. The number of hydrogen-bond acceptors (Lipinski definition) is 5.